The lowest BCUT2D eigenvalue weighted by Crippen LogP contribution is -2.30. The molecule has 0 aromatic heterocycles. The van der Waals surface area contributed by atoms with E-state index in [1.165, 1.54) is 12.2 Å². The third kappa shape index (κ3) is 6.63. The average Bonchev–Trinajstić information content (AvgIpc) is 3.29. The molecule has 0 aliphatic rings. The number of rotatable bonds is 11. The zero-order valence-electron chi connectivity index (χ0n) is 31.4. The molecule has 0 bridgehead atoms. The Morgan fingerprint density at radius 2 is 0.690 bits per heavy atom. The lowest BCUT2D eigenvalue weighted by Gasteiger charge is -2.29. The van der Waals surface area contributed by atoms with Crippen LogP contribution in [0.3, 0.4) is 0 Å². The number of benzene rings is 8. The normalized spacial score (nSPS) is 11.5. The molecule has 0 fully saturated rings. The molecule has 0 atom stereocenters. The van der Waals surface area contributed by atoms with Crippen molar-refractivity contribution in [1.82, 2.24) is 0 Å². The molecule has 0 radical (unpaired) electrons. The molecule has 0 saturated heterocycles. The predicted octanol–water partition coefficient (Wildman–Crippen LogP) is 9.19. The molecule has 0 heterocycles. The summed E-state index contributed by atoms with van der Waals surface area (Å²) in [5.41, 5.74) is 2.23. The maximum Gasteiger partial charge on any atom is 0.247 e. The van der Waals surface area contributed by atoms with Crippen LogP contribution in [0.25, 0.3) is 32.7 Å². The van der Waals surface area contributed by atoms with E-state index in [1.54, 1.807) is 0 Å². The Labute approximate surface area is 337 Å². The van der Waals surface area contributed by atoms with Gasteiger partial charge in [0.2, 0.25) is 11.8 Å². The summed E-state index contributed by atoms with van der Waals surface area (Å²) in [7, 11) is -7.48. The van der Waals surface area contributed by atoms with Crippen LogP contribution in [0.4, 0.5) is 11.4 Å². The van der Waals surface area contributed by atoms with Crippen molar-refractivity contribution in [1.29, 1.82) is 0 Å². The van der Waals surface area contributed by atoms with Crippen LogP contribution < -0.4 is 42.5 Å². The van der Waals surface area contributed by atoms with E-state index in [1.807, 2.05) is 182 Å². The minimum atomic E-state index is -3.74. The maximum atomic E-state index is 16.6. The number of fused-ring (bicyclic) bond motifs is 2. The first-order chi connectivity index (χ1) is 28.3. The van der Waals surface area contributed by atoms with Gasteiger partial charge < -0.3 is 19.8 Å². The molecule has 0 aliphatic heterocycles. The van der Waals surface area contributed by atoms with Crippen molar-refractivity contribution < 1.29 is 18.7 Å². The molecule has 8 heteroatoms. The molecule has 2 N–H and O–H groups in total. The highest BCUT2D eigenvalue weighted by Gasteiger charge is 2.38. The average molecular weight is 793 g/mol. The van der Waals surface area contributed by atoms with Gasteiger partial charge in [-0.1, -0.05) is 171 Å². The van der Waals surface area contributed by atoms with Gasteiger partial charge in [0.05, 0.1) is 0 Å². The standard InChI is InChI=1S/C50H38N2O4P2/c1-3-47(53)51-43-29-17-27-41-39(43)31-33-45(57(55,35-19-9-5-10-20-35)36-21-11-6-12-22-36)49(41)50-42-28-18-30-44(52-48(54)4-2)40(42)32-34-46(50)58(56,37-23-13-7-14-24-37)38-25-15-8-16-26-38/h3-34H,1-2H2,(H,51,53)(H,52,54). The van der Waals surface area contributed by atoms with E-state index >= 15 is 9.13 Å². The highest BCUT2D eigenvalue weighted by atomic mass is 31.2. The van der Waals surface area contributed by atoms with Crippen molar-refractivity contribution in [3.8, 4) is 11.1 Å². The van der Waals surface area contributed by atoms with E-state index in [9.17, 15) is 9.59 Å². The SMILES string of the molecule is C=CC(=O)Nc1cccc2c(-c3c(P(=O)(c4ccccc4)c4ccccc4)ccc4c(NC(=O)C=C)cccc34)c(P(=O)(c3ccccc3)c3ccccc3)ccc12. The van der Waals surface area contributed by atoms with Crippen molar-refractivity contribution in [3.05, 3.63) is 207 Å². The maximum absolute atomic E-state index is 16.6. The van der Waals surface area contributed by atoms with Gasteiger partial charge in [-0.3, -0.25) is 9.59 Å². The van der Waals surface area contributed by atoms with Crippen LogP contribution in [0, 0.1) is 0 Å². The van der Waals surface area contributed by atoms with Crippen molar-refractivity contribution in [3.63, 3.8) is 0 Å². The summed E-state index contributed by atoms with van der Waals surface area (Å²) >= 11 is 0. The van der Waals surface area contributed by atoms with Gasteiger partial charge in [0.15, 0.2) is 14.3 Å². The topological polar surface area (TPSA) is 92.3 Å². The van der Waals surface area contributed by atoms with Crippen LogP contribution in [0.2, 0.25) is 0 Å². The lowest BCUT2D eigenvalue weighted by molar-refractivity contribution is -0.112. The Morgan fingerprint density at radius 3 is 0.983 bits per heavy atom. The van der Waals surface area contributed by atoms with Crippen LogP contribution in [0.5, 0.6) is 0 Å². The summed E-state index contributed by atoms with van der Waals surface area (Å²) in [6, 6.07) is 56.4. The molecule has 2 amide bonds. The molecular weight excluding hydrogens is 755 g/mol. The lowest BCUT2D eigenvalue weighted by atomic mass is 9.92. The quantitative estimate of drug-likeness (QED) is 0.101. The van der Waals surface area contributed by atoms with Crippen LogP contribution in [0.15, 0.2) is 207 Å². The number of amides is 2. The second-order valence-corrected chi connectivity index (χ2v) is 19.1. The molecule has 0 unspecified atom stereocenters. The molecule has 8 aromatic rings. The van der Waals surface area contributed by atoms with E-state index in [2.05, 4.69) is 23.8 Å². The van der Waals surface area contributed by atoms with Gasteiger partial charge in [0.25, 0.3) is 0 Å². The largest absolute Gasteiger partial charge is 0.322 e. The summed E-state index contributed by atoms with van der Waals surface area (Å²) in [6.45, 7) is 7.33. The first-order valence-electron chi connectivity index (χ1n) is 18.7. The molecule has 0 saturated carbocycles. The van der Waals surface area contributed by atoms with E-state index in [-0.39, 0.29) is 11.8 Å². The molecule has 58 heavy (non-hydrogen) atoms. The molecular formula is C50H38N2O4P2. The summed E-state index contributed by atoms with van der Waals surface area (Å²) in [4.78, 5) is 25.7. The van der Waals surface area contributed by atoms with Gasteiger partial charge in [0, 0.05) is 65.1 Å². The fraction of sp³-hybridized carbons (Fsp3) is 0. The van der Waals surface area contributed by atoms with Gasteiger partial charge in [0.1, 0.15) is 0 Å². The first kappa shape index (κ1) is 38.1. The highest BCUT2D eigenvalue weighted by molar-refractivity contribution is 7.86. The van der Waals surface area contributed by atoms with E-state index in [0.717, 1.165) is 0 Å². The van der Waals surface area contributed by atoms with E-state index in [4.69, 9.17) is 0 Å². The Hall–Kier alpha value is -6.84. The summed E-state index contributed by atoms with van der Waals surface area (Å²) in [5, 5.41) is 12.2. The predicted molar refractivity (Wildman–Crippen MR) is 243 cm³/mol. The Morgan fingerprint density at radius 1 is 0.379 bits per heavy atom. The van der Waals surface area contributed by atoms with Gasteiger partial charge >= 0.3 is 0 Å². The Bertz CT molecular complexity index is 2680. The fourth-order valence-corrected chi connectivity index (χ4v) is 13.5. The Kier molecular flexibility index (Phi) is 10.5. The summed E-state index contributed by atoms with van der Waals surface area (Å²) < 4.78 is 33.3. The van der Waals surface area contributed by atoms with Gasteiger partial charge in [-0.05, 0) is 47.2 Å². The van der Waals surface area contributed by atoms with Crippen molar-refractivity contribution in [2.45, 2.75) is 0 Å². The number of anilines is 2. The number of nitrogens with one attached hydrogen (secondary N) is 2. The van der Waals surface area contributed by atoms with Crippen LogP contribution in [-0.2, 0) is 18.7 Å². The third-order valence-electron chi connectivity index (χ3n) is 10.4. The second-order valence-electron chi connectivity index (χ2n) is 13.7. The summed E-state index contributed by atoms with van der Waals surface area (Å²) in [6.07, 6.45) is 2.43. The number of hydrogen-bond donors (Lipinski definition) is 2. The Balaban J connectivity index is 1.63. The molecule has 8 rings (SSSR count). The molecule has 0 spiro atoms. The number of hydrogen-bond acceptors (Lipinski definition) is 4. The monoisotopic (exact) mass is 792 g/mol. The van der Waals surface area contributed by atoms with E-state index in [0.29, 0.717) is 75.9 Å². The zero-order chi connectivity index (χ0) is 40.3. The van der Waals surface area contributed by atoms with E-state index < -0.39 is 14.3 Å². The number of carbonyl (C=O) groups excluding carboxylic acids is 2. The van der Waals surface area contributed by atoms with Crippen molar-refractivity contribution in [2.75, 3.05) is 10.6 Å². The smallest absolute Gasteiger partial charge is 0.247 e. The fourth-order valence-electron chi connectivity index (χ4n) is 7.73. The van der Waals surface area contributed by atoms with Gasteiger partial charge in [-0.15, -0.1) is 0 Å². The van der Waals surface area contributed by atoms with Crippen molar-refractivity contribution in [2.24, 2.45) is 0 Å². The molecule has 6 nitrogen and oxygen atoms in total. The van der Waals surface area contributed by atoms with Crippen molar-refractivity contribution >= 4 is 90.8 Å². The van der Waals surface area contributed by atoms with Crippen LogP contribution in [-0.4, -0.2) is 11.8 Å². The molecule has 8 aromatic carbocycles. The summed E-state index contributed by atoms with van der Waals surface area (Å²) in [5.74, 6) is -0.771. The number of carbonyl (C=O) groups is 2. The highest BCUT2D eigenvalue weighted by Crippen LogP contribution is 2.52. The van der Waals surface area contributed by atoms with Gasteiger partial charge in [-0.25, -0.2) is 0 Å². The van der Waals surface area contributed by atoms with Crippen LogP contribution >= 0.6 is 14.3 Å². The zero-order valence-corrected chi connectivity index (χ0v) is 33.2. The van der Waals surface area contributed by atoms with Gasteiger partial charge in [-0.2, -0.15) is 0 Å². The second kappa shape index (κ2) is 16.0. The molecule has 282 valence electrons. The minimum absolute atomic E-state index is 0.386. The third-order valence-corrected chi connectivity index (χ3v) is 16.6. The minimum Gasteiger partial charge on any atom is -0.322 e. The van der Waals surface area contributed by atoms with Crippen LogP contribution in [0.1, 0.15) is 0 Å². The first-order valence-corrected chi connectivity index (χ1v) is 22.1. The molecule has 0 aliphatic carbocycles.